The van der Waals surface area contributed by atoms with Gasteiger partial charge in [0, 0.05) is 24.7 Å². The van der Waals surface area contributed by atoms with Crippen LogP contribution in [0.1, 0.15) is 44.1 Å². The van der Waals surface area contributed by atoms with E-state index in [1.54, 1.807) is 12.1 Å². The van der Waals surface area contributed by atoms with E-state index in [4.69, 9.17) is 10.2 Å². The van der Waals surface area contributed by atoms with Crippen molar-refractivity contribution in [3.05, 3.63) is 29.8 Å². The smallest absolute Gasteiger partial charge is 0.326 e. The molecule has 12 heteroatoms. The third-order valence-corrected chi connectivity index (χ3v) is 4.58. The second kappa shape index (κ2) is 14.3. The topological polar surface area (TPSA) is 194 Å². The van der Waals surface area contributed by atoms with Gasteiger partial charge < -0.3 is 36.6 Å². The van der Waals surface area contributed by atoms with E-state index in [0.29, 0.717) is 25.1 Å². The molecule has 1 aromatic rings. The maximum Gasteiger partial charge on any atom is 0.326 e. The summed E-state index contributed by atoms with van der Waals surface area (Å²) in [5.74, 6) is -3.63. The molecule has 0 aliphatic heterocycles. The van der Waals surface area contributed by atoms with Crippen LogP contribution in [0, 0.1) is 6.92 Å². The third-order valence-electron chi connectivity index (χ3n) is 4.58. The Morgan fingerprint density at radius 1 is 0.848 bits per heavy atom. The number of benzene rings is 1. The number of carbonyl (C=O) groups excluding carboxylic acids is 2. The van der Waals surface area contributed by atoms with E-state index in [2.05, 4.69) is 21.3 Å². The monoisotopic (exact) mass is 466 g/mol. The van der Waals surface area contributed by atoms with Crippen LogP contribution in [0.25, 0.3) is 0 Å². The minimum absolute atomic E-state index is 0.0860. The highest BCUT2D eigenvalue weighted by Gasteiger charge is 2.22. The zero-order chi connectivity index (χ0) is 24.8. The first-order valence-electron chi connectivity index (χ1n) is 10.4. The lowest BCUT2D eigenvalue weighted by Crippen LogP contribution is -2.49. The lowest BCUT2D eigenvalue weighted by atomic mass is 10.1. The summed E-state index contributed by atoms with van der Waals surface area (Å²) in [5, 5.41) is 36.8. The lowest BCUT2D eigenvalue weighted by Gasteiger charge is -2.19. The zero-order valence-electron chi connectivity index (χ0n) is 18.3. The quantitative estimate of drug-likeness (QED) is 0.201. The van der Waals surface area contributed by atoms with Crippen molar-refractivity contribution < 1.29 is 39.3 Å². The average Bonchev–Trinajstić information content (AvgIpc) is 2.72. The molecule has 7 N–H and O–H groups in total. The van der Waals surface area contributed by atoms with Crippen molar-refractivity contribution in [1.82, 2.24) is 16.0 Å². The normalized spacial score (nSPS) is 12.2. The van der Waals surface area contributed by atoms with E-state index in [0.717, 1.165) is 5.56 Å². The largest absolute Gasteiger partial charge is 0.481 e. The second-order valence-electron chi connectivity index (χ2n) is 7.48. The number of carboxylic acid groups (broad SMARTS) is 3. The molecule has 0 aliphatic carbocycles. The second-order valence-corrected chi connectivity index (χ2v) is 7.48. The number of amides is 4. The van der Waals surface area contributed by atoms with Gasteiger partial charge in [-0.1, -0.05) is 17.7 Å². The van der Waals surface area contributed by atoms with Gasteiger partial charge in [-0.2, -0.15) is 0 Å². The Hall–Kier alpha value is -3.83. The van der Waals surface area contributed by atoms with Crippen LogP contribution in [0.4, 0.5) is 15.3 Å². The van der Waals surface area contributed by atoms with E-state index < -0.39 is 48.5 Å². The number of nitrogens with one attached hydrogen (secondary N) is 4. The van der Waals surface area contributed by atoms with E-state index in [9.17, 15) is 29.1 Å². The first-order chi connectivity index (χ1) is 15.6. The number of hydrogen-bond donors (Lipinski definition) is 7. The molecule has 0 aromatic heterocycles. The minimum atomic E-state index is -1.27. The fraction of sp³-hybridized carbons (Fsp3) is 0.476. The molecule has 0 aliphatic rings. The molecule has 12 nitrogen and oxygen atoms in total. The van der Waals surface area contributed by atoms with Gasteiger partial charge in [0.25, 0.3) is 0 Å². The zero-order valence-corrected chi connectivity index (χ0v) is 18.3. The van der Waals surface area contributed by atoms with Crippen LogP contribution < -0.4 is 21.3 Å². The maximum atomic E-state index is 12.1. The predicted molar refractivity (Wildman–Crippen MR) is 118 cm³/mol. The van der Waals surface area contributed by atoms with Crippen LogP contribution in [0.15, 0.2) is 24.3 Å². The molecule has 1 rings (SSSR count). The molecule has 0 fully saturated rings. The third kappa shape index (κ3) is 12.6. The molecule has 0 heterocycles. The van der Waals surface area contributed by atoms with Crippen LogP contribution in [-0.4, -0.2) is 63.9 Å². The van der Waals surface area contributed by atoms with Gasteiger partial charge in [0.2, 0.25) is 0 Å². The molecule has 0 unspecified atom stereocenters. The molecule has 2 atom stereocenters. The Balaban J connectivity index is 2.38. The van der Waals surface area contributed by atoms with E-state index in [-0.39, 0.29) is 19.3 Å². The number of anilines is 1. The Morgan fingerprint density at radius 2 is 1.52 bits per heavy atom. The molecular weight excluding hydrogens is 436 g/mol. The van der Waals surface area contributed by atoms with Crippen molar-refractivity contribution in [2.45, 2.75) is 57.5 Å². The van der Waals surface area contributed by atoms with Crippen LogP contribution in [0.5, 0.6) is 0 Å². The minimum Gasteiger partial charge on any atom is -0.481 e. The van der Waals surface area contributed by atoms with Crippen molar-refractivity contribution in [1.29, 1.82) is 0 Å². The molecule has 0 spiro atoms. The molecule has 33 heavy (non-hydrogen) atoms. The molecule has 0 radical (unpaired) electrons. The number of aliphatic carboxylic acids is 3. The Morgan fingerprint density at radius 3 is 2.09 bits per heavy atom. The molecular formula is C21H30N4O8. The van der Waals surface area contributed by atoms with Gasteiger partial charge in [-0.25, -0.2) is 14.4 Å². The summed E-state index contributed by atoms with van der Waals surface area (Å²) < 4.78 is 0. The number of carbonyl (C=O) groups is 5. The standard InChI is InChI=1S/C21H30N4O8/c1-13-5-7-14(8-6-13)23-20(32)22-11-3-2-4-16(19(30)31)25-21(33)24-15(12-18(28)29)9-10-17(26)27/h5-8,15-16H,2-4,9-12H2,1H3,(H,26,27)(H,28,29)(H,30,31)(H2,22,23,32)(H2,24,25,33)/t15-,16-/m0/s1. The van der Waals surface area contributed by atoms with Gasteiger partial charge in [-0.15, -0.1) is 0 Å². The Kier molecular flexibility index (Phi) is 11.8. The van der Waals surface area contributed by atoms with Crippen molar-refractivity contribution in [3.63, 3.8) is 0 Å². The van der Waals surface area contributed by atoms with Gasteiger partial charge in [0.1, 0.15) is 6.04 Å². The summed E-state index contributed by atoms with van der Waals surface area (Å²) in [6.45, 7) is 2.23. The highest BCUT2D eigenvalue weighted by atomic mass is 16.4. The summed E-state index contributed by atoms with van der Waals surface area (Å²) in [7, 11) is 0. The first kappa shape index (κ1) is 27.2. The van der Waals surface area contributed by atoms with Crippen molar-refractivity contribution >= 4 is 35.7 Å². The van der Waals surface area contributed by atoms with Crippen LogP contribution in [-0.2, 0) is 14.4 Å². The maximum absolute atomic E-state index is 12.1. The number of aryl methyl sites for hydroxylation is 1. The molecule has 0 bridgehead atoms. The fourth-order valence-electron chi connectivity index (χ4n) is 2.86. The van der Waals surface area contributed by atoms with Crippen molar-refractivity contribution in [3.8, 4) is 0 Å². The molecule has 1 aromatic carbocycles. The lowest BCUT2D eigenvalue weighted by molar-refractivity contribution is -0.140. The van der Waals surface area contributed by atoms with Crippen molar-refractivity contribution in [2.24, 2.45) is 0 Å². The Labute approximate surface area is 190 Å². The number of urea groups is 2. The average molecular weight is 466 g/mol. The van der Waals surface area contributed by atoms with Crippen molar-refractivity contribution in [2.75, 3.05) is 11.9 Å². The van der Waals surface area contributed by atoms with Gasteiger partial charge in [-0.3, -0.25) is 9.59 Å². The summed E-state index contributed by atoms with van der Waals surface area (Å²) in [5.41, 5.74) is 1.71. The van der Waals surface area contributed by atoms with Crippen LogP contribution in [0.3, 0.4) is 0 Å². The summed E-state index contributed by atoms with van der Waals surface area (Å²) >= 11 is 0. The number of unbranched alkanes of at least 4 members (excludes halogenated alkanes) is 1. The number of hydrogen-bond acceptors (Lipinski definition) is 5. The number of carboxylic acids is 3. The first-order valence-corrected chi connectivity index (χ1v) is 10.4. The van der Waals surface area contributed by atoms with E-state index >= 15 is 0 Å². The summed E-state index contributed by atoms with van der Waals surface area (Å²) in [6, 6.07) is 3.80. The van der Waals surface area contributed by atoms with Crippen LogP contribution in [0.2, 0.25) is 0 Å². The molecule has 182 valence electrons. The van der Waals surface area contributed by atoms with E-state index in [1.807, 2.05) is 19.1 Å². The summed E-state index contributed by atoms with van der Waals surface area (Å²) in [6.07, 6.45) is -0.0000373. The molecule has 0 saturated heterocycles. The van der Waals surface area contributed by atoms with Gasteiger partial charge in [0.05, 0.1) is 6.42 Å². The van der Waals surface area contributed by atoms with E-state index in [1.165, 1.54) is 0 Å². The molecule has 0 saturated carbocycles. The highest BCUT2D eigenvalue weighted by Crippen LogP contribution is 2.08. The van der Waals surface area contributed by atoms with Gasteiger partial charge >= 0.3 is 30.0 Å². The van der Waals surface area contributed by atoms with Crippen LogP contribution >= 0.6 is 0 Å². The fourth-order valence-corrected chi connectivity index (χ4v) is 2.86. The predicted octanol–water partition coefficient (Wildman–Crippen LogP) is 1.75. The van der Waals surface area contributed by atoms with Gasteiger partial charge in [0.15, 0.2) is 0 Å². The number of rotatable bonds is 14. The Bertz CT molecular complexity index is 828. The van der Waals surface area contributed by atoms with Gasteiger partial charge in [-0.05, 0) is 44.7 Å². The SMILES string of the molecule is Cc1ccc(NC(=O)NCCCC[C@H](NC(=O)N[C@@H](CCC(=O)O)CC(=O)O)C(=O)O)cc1. The highest BCUT2D eigenvalue weighted by molar-refractivity contribution is 5.89. The summed E-state index contributed by atoms with van der Waals surface area (Å²) in [4.78, 5) is 56.9. The molecule has 4 amide bonds.